The summed E-state index contributed by atoms with van der Waals surface area (Å²) < 4.78 is 0. The molecule has 150 valence electrons. The molecule has 0 aliphatic carbocycles. The molecule has 1 atom stereocenters. The van der Waals surface area contributed by atoms with E-state index in [9.17, 15) is 4.79 Å². The third kappa shape index (κ3) is 8.30. The number of allylic oxidation sites excluding steroid dienone is 1. The van der Waals surface area contributed by atoms with Crippen molar-refractivity contribution in [2.24, 2.45) is 11.8 Å². The molecule has 1 unspecified atom stereocenters. The van der Waals surface area contributed by atoms with Gasteiger partial charge in [0.25, 0.3) is 0 Å². The van der Waals surface area contributed by atoms with Crippen molar-refractivity contribution in [3.05, 3.63) is 48.0 Å². The largest absolute Gasteiger partial charge is 0.355 e. The van der Waals surface area contributed by atoms with Crippen molar-refractivity contribution >= 4 is 5.91 Å². The van der Waals surface area contributed by atoms with Gasteiger partial charge in [0.2, 0.25) is 5.91 Å². The molecule has 1 saturated heterocycles. The van der Waals surface area contributed by atoms with Gasteiger partial charge in [0, 0.05) is 19.5 Å². The topological polar surface area (TPSA) is 32.3 Å². The second kappa shape index (κ2) is 12.0. The number of aryl methyl sites for hydroxylation is 1. The summed E-state index contributed by atoms with van der Waals surface area (Å²) in [6.07, 6.45) is 7.69. The minimum absolute atomic E-state index is 0.187. The lowest BCUT2D eigenvalue weighted by Crippen LogP contribution is -2.39. The molecule has 0 radical (unpaired) electrons. The van der Waals surface area contributed by atoms with Crippen molar-refractivity contribution in [2.75, 3.05) is 26.2 Å². The zero-order chi connectivity index (χ0) is 19.5. The predicted octanol–water partition coefficient (Wildman–Crippen LogP) is 4.83. The second-order valence-electron chi connectivity index (χ2n) is 8.15. The Balaban J connectivity index is 1.54. The van der Waals surface area contributed by atoms with E-state index in [-0.39, 0.29) is 5.91 Å². The van der Waals surface area contributed by atoms with Crippen LogP contribution in [0.2, 0.25) is 0 Å². The first kappa shape index (κ1) is 21.7. The number of nitrogens with zero attached hydrogens (tertiary/aromatic N) is 1. The van der Waals surface area contributed by atoms with Gasteiger partial charge in [-0.2, -0.15) is 0 Å². The zero-order valence-electron chi connectivity index (χ0n) is 17.4. The quantitative estimate of drug-likeness (QED) is 0.566. The predicted molar refractivity (Wildman–Crippen MR) is 115 cm³/mol. The van der Waals surface area contributed by atoms with Crippen LogP contribution in [0.5, 0.6) is 0 Å². The van der Waals surface area contributed by atoms with E-state index in [1.807, 2.05) is 0 Å². The molecule has 0 saturated carbocycles. The Morgan fingerprint density at radius 1 is 1.26 bits per heavy atom. The van der Waals surface area contributed by atoms with Crippen LogP contribution in [0.4, 0.5) is 0 Å². The highest BCUT2D eigenvalue weighted by atomic mass is 16.1. The van der Waals surface area contributed by atoms with Gasteiger partial charge in [0.05, 0.1) is 0 Å². The summed E-state index contributed by atoms with van der Waals surface area (Å²) in [6.45, 7) is 12.4. The molecule has 1 aliphatic heterocycles. The number of nitrogens with one attached hydrogen (secondary N) is 1. The molecule has 1 aromatic carbocycles. The number of piperidine rings is 1. The highest BCUT2D eigenvalue weighted by molar-refractivity contribution is 5.75. The zero-order valence-corrected chi connectivity index (χ0v) is 17.4. The molecule has 1 amide bonds. The number of hydrogen-bond acceptors (Lipinski definition) is 2. The Bertz CT molecular complexity index is 561. The summed E-state index contributed by atoms with van der Waals surface area (Å²) >= 11 is 0. The normalized spacial score (nSPS) is 16.8. The number of rotatable bonds is 11. The molecular formula is C24H38N2O. The van der Waals surface area contributed by atoms with E-state index in [4.69, 9.17) is 0 Å². The van der Waals surface area contributed by atoms with Crippen LogP contribution >= 0.6 is 0 Å². The molecule has 0 bridgehead atoms. The minimum atomic E-state index is 0.187. The molecule has 27 heavy (non-hydrogen) atoms. The maximum Gasteiger partial charge on any atom is 0.220 e. The van der Waals surface area contributed by atoms with Crippen LogP contribution in [-0.4, -0.2) is 37.0 Å². The molecule has 1 fully saturated rings. The van der Waals surface area contributed by atoms with E-state index in [1.54, 1.807) is 0 Å². The summed E-state index contributed by atoms with van der Waals surface area (Å²) in [5.41, 5.74) is 2.65. The lowest BCUT2D eigenvalue weighted by molar-refractivity contribution is -0.121. The lowest BCUT2D eigenvalue weighted by Gasteiger charge is -2.32. The van der Waals surface area contributed by atoms with E-state index in [0.717, 1.165) is 31.8 Å². The van der Waals surface area contributed by atoms with Crippen LogP contribution in [0.15, 0.2) is 42.5 Å². The average molecular weight is 371 g/mol. The van der Waals surface area contributed by atoms with E-state index < -0.39 is 0 Å². The molecule has 1 aliphatic rings. The Hall–Kier alpha value is -1.61. The highest BCUT2D eigenvalue weighted by Gasteiger charge is 2.19. The number of benzene rings is 1. The molecule has 0 spiro atoms. The van der Waals surface area contributed by atoms with Crippen LogP contribution in [0, 0.1) is 11.8 Å². The maximum atomic E-state index is 12.0. The first-order chi connectivity index (χ1) is 13.1. The summed E-state index contributed by atoms with van der Waals surface area (Å²) in [5.74, 6) is 1.52. The highest BCUT2D eigenvalue weighted by Crippen LogP contribution is 2.22. The maximum absolute atomic E-state index is 12.0. The number of likely N-dealkylation sites (tertiary alicyclic amines) is 1. The number of hydrogen-bond donors (Lipinski definition) is 1. The van der Waals surface area contributed by atoms with Crippen molar-refractivity contribution < 1.29 is 4.79 Å². The van der Waals surface area contributed by atoms with Gasteiger partial charge in [-0.05, 0) is 75.9 Å². The molecule has 1 heterocycles. The smallest absolute Gasteiger partial charge is 0.220 e. The first-order valence-electron chi connectivity index (χ1n) is 10.8. The molecular weight excluding hydrogens is 332 g/mol. The summed E-state index contributed by atoms with van der Waals surface area (Å²) in [5, 5.41) is 3.10. The van der Waals surface area contributed by atoms with Crippen molar-refractivity contribution in [3.8, 4) is 0 Å². The van der Waals surface area contributed by atoms with Crippen LogP contribution in [0.3, 0.4) is 0 Å². The van der Waals surface area contributed by atoms with Gasteiger partial charge in [0.1, 0.15) is 0 Å². The SMILES string of the molecule is C=C(C)C(CC)CCC(=O)NCCN1CCC(CCc2ccccc2)CC1. The molecule has 0 aromatic heterocycles. The van der Waals surface area contributed by atoms with Crippen LogP contribution in [0.1, 0.15) is 57.9 Å². The molecule has 2 rings (SSSR count). The van der Waals surface area contributed by atoms with E-state index >= 15 is 0 Å². The Morgan fingerprint density at radius 3 is 2.59 bits per heavy atom. The fourth-order valence-corrected chi connectivity index (χ4v) is 4.06. The summed E-state index contributed by atoms with van der Waals surface area (Å²) in [7, 11) is 0. The number of carbonyl (C=O) groups is 1. The fraction of sp³-hybridized carbons (Fsp3) is 0.625. The van der Waals surface area contributed by atoms with Crippen molar-refractivity contribution in [1.82, 2.24) is 10.2 Å². The van der Waals surface area contributed by atoms with Gasteiger partial charge >= 0.3 is 0 Å². The van der Waals surface area contributed by atoms with Gasteiger partial charge in [-0.25, -0.2) is 0 Å². The molecule has 3 nitrogen and oxygen atoms in total. The van der Waals surface area contributed by atoms with E-state index in [0.29, 0.717) is 12.3 Å². The van der Waals surface area contributed by atoms with E-state index in [1.165, 1.54) is 49.9 Å². The Kier molecular flexibility index (Phi) is 9.61. The first-order valence-corrected chi connectivity index (χ1v) is 10.8. The number of amides is 1. The Labute approximate surface area is 166 Å². The van der Waals surface area contributed by atoms with Gasteiger partial charge < -0.3 is 10.2 Å². The third-order valence-electron chi connectivity index (χ3n) is 6.05. The monoisotopic (exact) mass is 370 g/mol. The fourth-order valence-electron chi connectivity index (χ4n) is 4.06. The van der Waals surface area contributed by atoms with Gasteiger partial charge in [0.15, 0.2) is 0 Å². The standard InChI is InChI=1S/C24H38N2O/c1-4-23(20(2)3)12-13-24(27)25-16-19-26-17-14-22(15-18-26)11-10-21-8-6-5-7-9-21/h5-9,22-23H,2,4,10-19H2,1,3H3,(H,25,27). The van der Waals surface area contributed by atoms with Crippen LogP contribution in [0.25, 0.3) is 0 Å². The van der Waals surface area contributed by atoms with Crippen molar-refractivity contribution in [1.29, 1.82) is 0 Å². The number of carbonyl (C=O) groups excluding carboxylic acids is 1. The second-order valence-corrected chi connectivity index (χ2v) is 8.15. The third-order valence-corrected chi connectivity index (χ3v) is 6.05. The average Bonchev–Trinajstić information content (AvgIpc) is 2.68. The van der Waals surface area contributed by atoms with Gasteiger partial charge in [-0.1, -0.05) is 49.4 Å². The lowest BCUT2D eigenvalue weighted by atomic mass is 9.90. The van der Waals surface area contributed by atoms with E-state index in [2.05, 4.69) is 61.0 Å². The molecule has 3 heteroatoms. The minimum Gasteiger partial charge on any atom is -0.355 e. The Morgan fingerprint density at radius 2 is 1.96 bits per heavy atom. The molecule has 1 aromatic rings. The molecule has 1 N–H and O–H groups in total. The van der Waals surface area contributed by atoms with Crippen LogP contribution in [-0.2, 0) is 11.2 Å². The summed E-state index contributed by atoms with van der Waals surface area (Å²) in [6, 6.07) is 10.8. The van der Waals surface area contributed by atoms with Crippen LogP contribution < -0.4 is 5.32 Å². The van der Waals surface area contributed by atoms with Crippen molar-refractivity contribution in [3.63, 3.8) is 0 Å². The van der Waals surface area contributed by atoms with Crippen molar-refractivity contribution in [2.45, 2.75) is 58.8 Å². The summed E-state index contributed by atoms with van der Waals surface area (Å²) in [4.78, 5) is 14.5. The van der Waals surface area contributed by atoms with Gasteiger partial charge in [-0.15, -0.1) is 0 Å². The van der Waals surface area contributed by atoms with Gasteiger partial charge in [-0.3, -0.25) is 4.79 Å².